The Morgan fingerprint density at radius 2 is 1.88 bits per heavy atom. The van der Waals surface area contributed by atoms with Crippen LogP contribution in [0.15, 0.2) is 36.4 Å². The fourth-order valence-electron chi connectivity index (χ4n) is 3.22. The van der Waals surface area contributed by atoms with E-state index in [9.17, 15) is 14.7 Å². The van der Waals surface area contributed by atoms with E-state index in [4.69, 9.17) is 0 Å². The van der Waals surface area contributed by atoms with Crippen LogP contribution in [0.2, 0.25) is 0 Å². The average molecular weight is 340 g/mol. The third-order valence-electron chi connectivity index (χ3n) is 4.67. The van der Waals surface area contributed by atoms with Gasteiger partial charge in [-0.1, -0.05) is 38.1 Å². The largest absolute Gasteiger partial charge is 0.507 e. The molecule has 1 heterocycles. The Bertz CT molecular complexity index is 801. The number of rotatable bonds is 3. The van der Waals surface area contributed by atoms with Gasteiger partial charge in [-0.3, -0.25) is 9.59 Å². The highest BCUT2D eigenvalue weighted by Gasteiger charge is 2.27. The van der Waals surface area contributed by atoms with E-state index in [-0.39, 0.29) is 29.5 Å². The molecule has 1 fully saturated rings. The van der Waals surface area contributed by atoms with Crippen molar-refractivity contribution < 1.29 is 14.7 Å². The van der Waals surface area contributed by atoms with Gasteiger partial charge in [-0.2, -0.15) is 0 Å². The zero-order valence-electron chi connectivity index (χ0n) is 14.7. The maximum Gasteiger partial charge on any atom is 0.257 e. The van der Waals surface area contributed by atoms with Crippen molar-refractivity contribution in [2.75, 3.05) is 13.1 Å². The Morgan fingerprint density at radius 3 is 2.56 bits per heavy atom. The van der Waals surface area contributed by atoms with Crippen molar-refractivity contribution in [1.29, 1.82) is 0 Å². The number of piperidine rings is 1. The molecular formula is C20H24N2O3. The number of benzene rings is 2. The van der Waals surface area contributed by atoms with E-state index in [0.29, 0.717) is 18.7 Å². The number of nitrogens with zero attached hydrogens (tertiary/aromatic N) is 1. The lowest BCUT2D eigenvalue weighted by molar-refractivity contribution is -0.125. The first-order valence-electron chi connectivity index (χ1n) is 8.77. The topological polar surface area (TPSA) is 69.6 Å². The Labute approximate surface area is 147 Å². The molecular weight excluding hydrogens is 316 g/mol. The molecule has 5 nitrogen and oxygen atoms in total. The molecule has 132 valence electrons. The van der Waals surface area contributed by atoms with Gasteiger partial charge in [0.2, 0.25) is 5.91 Å². The van der Waals surface area contributed by atoms with Crippen LogP contribution in [0.25, 0.3) is 10.8 Å². The molecule has 0 bridgehead atoms. The van der Waals surface area contributed by atoms with Gasteiger partial charge in [0.1, 0.15) is 5.75 Å². The van der Waals surface area contributed by atoms with Crippen molar-refractivity contribution in [3.63, 3.8) is 0 Å². The summed E-state index contributed by atoms with van der Waals surface area (Å²) in [6.45, 7) is 4.82. The van der Waals surface area contributed by atoms with Crippen LogP contribution in [0.4, 0.5) is 0 Å². The van der Waals surface area contributed by atoms with E-state index < -0.39 is 0 Å². The normalized spacial score (nSPS) is 17.7. The molecule has 2 aromatic carbocycles. The third kappa shape index (κ3) is 3.76. The number of hydrogen-bond acceptors (Lipinski definition) is 3. The first-order valence-corrected chi connectivity index (χ1v) is 8.77. The maximum atomic E-state index is 12.9. The number of carbonyl (C=O) groups excluding carboxylic acids is 2. The zero-order chi connectivity index (χ0) is 18.0. The Morgan fingerprint density at radius 1 is 1.20 bits per heavy atom. The standard InChI is InChI=1S/C20H24N2O3/c1-13(2)19(24)21-16-8-5-9-22(12-16)20(25)17-10-14-6-3-4-7-15(14)11-18(17)23/h3-4,6-7,10-11,13,16,23H,5,8-9,12H2,1-2H3,(H,21,24). The zero-order valence-corrected chi connectivity index (χ0v) is 14.7. The minimum Gasteiger partial charge on any atom is -0.507 e. The molecule has 3 rings (SSSR count). The summed E-state index contributed by atoms with van der Waals surface area (Å²) in [7, 11) is 0. The minimum absolute atomic E-state index is 0.00274. The first-order chi connectivity index (χ1) is 12.0. The van der Waals surface area contributed by atoms with E-state index >= 15 is 0 Å². The molecule has 1 aliphatic rings. The van der Waals surface area contributed by atoms with Crippen LogP contribution in [0.3, 0.4) is 0 Å². The molecule has 2 amide bonds. The van der Waals surface area contributed by atoms with Gasteiger partial charge in [-0.15, -0.1) is 0 Å². The highest BCUT2D eigenvalue weighted by molar-refractivity contribution is 6.01. The number of likely N-dealkylation sites (tertiary alicyclic amines) is 1. The summed E-state index contributed by atoms with van der Waals surface area (Å²) in [6.07, 6.45) is 1.70. The molecule has 0 radical (unpaired) electrons. The average Bonchev–Trinajstić information content (AvgIpc) is 2.60. The van der Waals surface area contributed by atoms with Crippen LogP contribution in [0, 0.1) is 5.92 Å². The highest BCUT2D eigenvalue weighted by atomic mass is 16.3. The minimum atomic E-state index is -0.188. The monoisotopic (exact) mass is 340 g/mol. The van der Waals surface area contributed by atoms with Crippen LogP contribution in [0.1, 0.15) is 37.0 Å². The van der Waals surface area contributed by atoms with Crippen molar-refractivity contribution in [3.8, 4) is 5.75 Å². The van der Waals surface area contributed by atoms with Gasteiger partial charge >= 0.3 is 0 Å². The fourth-order valence-corrected chi connectivity index (χ4v) is 3.22. The number of phenols is 1. The summed E-state index contributed by atoms with van der Waals surface area (Å²) in [6, 6.07) is 11.0. The lowest BCUT2D eigenvalue weighted by Gasteiger charge is -2.33. The number of nitrogens with one attached hydrogen (secondary N) is 1. The van der Waals surface area contributed by atoms with E-state index in [1.54, 1.807) is 17.0 Å². The lowest BCUT2D eigenvalue weighted by Crippen LogP contribution is -2.50. The molecule has 0 aliphatic carbocycles. The molecule has 2 aromatic rings. The van der Waals surface area contributed by atoms with Crippen LogP contribution < -0.4 is 5.32 Å². The smallest absolute Gasteiger partial charge is 0.257 e. The number of aromatic hydroxyl groups is 1. The van der Waals surface area contributed by atoms with Gasteiger partial charge in [-0.25, -0.2) is 0 Å². The molecule has 0 saturated carbocycles. The quantitative estimate of drug-likeness (QED) is 0.902. The summed E-state index contributed by atoms with van der Waals surface area (Å²) in [4.78, 5) is 26.5. The Hall–Kier alpha value is -2.56. The van der Waals surface area contributed by atoms with Crippen molar-refractivity contribution in [2.45, 2.75) is 32.7 Å². The van der Waals surface area contributed by atoms with Gasteiger partial charge < -0.3 is 15.3 Å². The second-order valence-corrected chi connectivity index (χ2v) is 6.97. The second-order valence-electron chi connectivity index (χ2n) is 6.97. The van der Waals surface area contributed by atoms with E-state index in [2.05, 4.69) is 5.32 Å². The number of fused-ring (bicyclic) bond motifs is 1. The highest BCUT2D eigenvalue weighted by Crippen LogP contribution is 2.27. The van der Waals surface area contributed by atoms with Crippen molar-refractivity contribution >= 4 is 22.6 Å². The molecule has 1 aliphatic heterocycles. The molecule has 0 aromatic heterocycles. The summed E-state index contributed by atoms with van der Waals surface area (Å²) < 4.78 is 0. The molecule has 0 spiro atoms. The number of amides is 2. The molecule has 1 unspecified atom stereocenters. The van der Waals surface area contributed by atoms with Crippen LogP contribution in [-0.2, 0) is 4.79 Å². The van der Waals surface area contributed by atoms with E-state index in [1.165, 1.54) is 0 Å². The fraction of sp³-hybridized carbons (Fsp3) is 0.400. The summed E-state index contributed by atoms with van der Waals surface area (Å²) in [5.41, 5.74) is 0.314. The SMILES string of the molecule is CC(C)C(=O)NC1CCCN(C(=O)c2cc3ccccc3cc2O)C1. The third-order valence-corrected chi connectivity index (χ3v) is 4.67. The van der Waals surface area contributed by atoms with Gasteiger partial charge in [0.15, 0.2) is 0 Å². The summed E-state index contributed by atoms with van der Waals surface area (Å²) in [5.74, 6) is -0.257. The molecule has 2 N–H and O–H groups in total. The van der Waals surface area contributed by atoms with Crippen LogP contribution in [0.5, 0.6) is 5.75 Å². The van der Waals surface area contributed by atoms with Crippen molar-refractivity contribution in [3.05, 3.63) is 42.0 Å². The van der Waals surface area contributed by atoms with Gasteiger partial charge in [0.25, 0.3) is 5.91 Å². The number of hydrogen-bond donors (Lipinski definition) is 2. The Balaban J connectivity index is 1.78. The van der Waals surface area contributed by atoms with Crippen molar-refractivity contribution in [1.82, 2.24) is 10.2 Å². The molecule has 25 heavy (non-hydrogen) atoms. The van der Waals surface area contributed by atoms with Gasteiger partial charge in [0, 0.05) is 25.0 Å². The first kappa shape index (κ1) is 17.3. The predicted molar refractivity (Wildman–Crippen MR) is 97.5 cm³/mol. The van der Waals surface area contributed by atoms with Crippen LogP contribution in [-0.4, -0.2) is 41.0 Å². The number of carbonyl (C=O) groups is 2. The van der Waals surface area contributed by atoms with Crippen LogP contribution >= 0.6 is 0 Å². The van der Waals surface area contributed by atoms with Gasteiger partial charge in [0.05, 0.1) is 5.56 Å². The second kappa shape index (κ2) is 7.13. The lowest BCUT2D eigenvalue weighted by atomic mass is 10.0. The molecule has 1 atom stereocenters. The van der Waals surface area contributed by atoms with E-state index in [0.717, 1.165) is 23.6 Å². The van der Waals surface area contributed by atoms with E-state index in [1.807, 2.05) is 38.1 Å². The number of phenolic OH excluding ortho intramolecular Hbond substituents is 1. The maximum absolute atomic E-state index is 12.9. The molecule has 1 saturated heterocycles. The summed E-state index contributed by atoms with van der Waals surface area (Å²) >= 11 is 0. The Kier molecular flexibility index (Phi) is 4.93. The molecule has 5 heteroatoms. The van der Waals surface area contributed by atoms with Gasteiger partial charge in [-0.05, 0) is 35.7 Å². The summed E-state index contributed by atoms with van der Waals surface area (Å²) in [5, 5.41) is 15.1. The predicted octanol–water partition coefficient (Wildman–Crippen LogP) is 2.92. The van der Waals surface area contributed by atoms with Crippen molar-refractivity contribution in [2.24, 2.45) is 5.92 Å².